The molecule has 1 unspecified atom stereocenters. The SMILES string of the molecule is [2H]C1CCOOC1. The Hall–Kier alpha value is -0.0800. The fraction of sp³-hybridized carbons (Fsp3) is 1.00. The second-order valence-corrected chi connectivity index (χ2v) is 1.18. The van der Waals surface area contributed by atoms with E-state index in [1.54, 1.807) is 0 Å². The highest BCUT2D eigenvalue weighted by molar-refractivity contribution is 4.36. The van der Waals surface area contributed by atoms with Crippen LogP contribution in [0.25, 0.3) is 0 Å². The van der Waals surface area contributed by atoms with E-state index in [1.807, 2.05) is 0 Å². The van der Waals surface area contributed by atoms with E-state index in [-0.39, 0.29) is 6.40 Å². The maximum Gasteiger partial charge on any atom is 0.0823 e. The summed E-state index contributed by atoms with van der Waals surface area (Å²) in [5.41, 5.74) is 0. The minimum Gasteiger partial charge on any atom is -0.237 e. The average Bonchev–Trinajstić information content (AvgIpc) is 1.69. The van der Waals surface area contributed by atoms with Gasteiger partial charge >= 0.3 is 0 Å². The molecule has 0 aromatic carbocycles. The van der Waals surface area contributed by atoms with Crippen LogP contribution in [-0.4, -0.2) is 13.2 Å². The molecule has 1 saturated heterocycles. The highest BCUT2D eigenvalue weighted by Gasteiger charge is 1.95. The van der Waals surface area contributed by atoms with Crippen LogP contribution in [0.4, 0.5) is 0 Å². The number of hydrogen-bond donors (Lipinski definition) is 0. The van der Waals surface area contributed by atoms with Crippen LogP contribution < -0.4 is 0 Å². The molecule has 0 aromatic heterocycles. The van der Waals surface area contributed by atoms with Gasteiger partial charge in [-0.05, 0) is 12.8 Å². The van der Waals surface area contributed by atoms with Gasteiger partial charge in [0.05, 0.1) is 13.2 Å². The summed E-state index contributed by atoms with van der Waals surface area (Å²) in [6.45, 7) is 1.01. The van der Waals surface area contributed by atoms with Crippen molar-refractivity contribution >= 4 is 0 Å². The van der Waals surface area contributed by atoms with Crippen molar-refractivity contribution in [2.24, 2.45) is 0 Å². The van der Waals surface area contributed by atoms with Gasteiger partial charge in [-0.25, -0.2) is 9.78 Å². The third-order valence-electron chi connectivity index (χ3n) is 0.675. The molecule has 1 heterocycles. The lowest BCUT2D eigenvalue weighted by atomic mass is 10.3. The predicted octanol–water partition coefficient (Wildman–Crippen LogP) is 0.728. The largest absolute Gasteiger partial charge is 0.237 e. The second kappa shape index (κ2) is 2.16. The Balaban J connectivity index is 2.12. The zero-order valence-electron chi connectivity index (χ0n) is 4.52. The third-order valence-corrected chi connectivity index (χ3v) is 0.675. The minimum absolute atomic E-state index is 0.0613. The molecule has 0 spiro atoms. The molecular weight excluding hydrogens is 80.0 g/mol. The van der Waals surface area contributed by atoms with Crippen LogP contribution in [0.15, 0.2) is 0 Å². The van der Waals surface area contributed by atoms with Gasteiger partial charge in [-0.3, -0.25) is 0 Å². The molecule has 0 radical (unpaired) electrons. The summed E-state index contributed by atoms with van der Waals surface area (Å²) in [5.74, 6) is 0. The molecular formula is C4H8O2. The van der Waals surface area contributed by atoms with Gasteiger partial charge in [-0.2, -0.15) is 0 Å². The van der Waals surface area contributed by atoms with Crippen LogP contribution in [0.2, 0.25) is 0 Å². The zero-order chi connectivity index (χ0) is 5.11. The van der Waals surface area contributed by atoms with Gasteiger partial charge in [-0.1, -0.05) is 0 Å². The van der Waals surface area contributed by atoms with Crippen molar-refractivity contribution in [3.8, 4) is 0 Å². The maximum absolute atomic E-state index is 7.07. The van der Waals surface area contributed by atoms with E-state index >= 15 is 0 Å². The highest BCUT2D eigenvalue weighted by Crippen LogP contribution is 1.97. The van der Waals surface area contributed by atoms with Crippen LogP contribution in [-0.2, 0) is 9.78 Å². The fourth-order valence-corrected chi connectivity index (χ4v) is 0.370. The quantitative estimate of drug-likeness (QED) is 0.407. The Bertz CT molecular complexity index is 51.7. The Morgan fingerprint density at radius 1 is 1.33 bits per heavy atom. The number of rotatable bonds is 0. The molecule has 1 fully saturated rings. The summed E-state index contributed by atoms with van der Waals surface area (Å²) in [7, 11) is 0. The fourth-order valence-electron chi connectivity index (χ4n) is 0.370. The van der Waals surface area contributed by atoms with E-state index in [1.165, 1.54) is 0 Å². The molecule has 0 saturated carbocycles. The first kappa shape index (κ1) is 2.99. The van der Waals surface area contributed by atoms with Crippen LogP contribution in [0.5, 0.6) is 0 Å². The van der Waals surface area contributed by atoms with E-state index in [9.17, 15) is 0 Å². The van der Waals surface area contributed by atoms with Gasteiger partial charge in [0.25, 0.3) is 0 Å². The van der Waals surface area contributed by atoms with Crippen LogP contribution in [0.3, 0.4) is 0 Å². The van der Waals surface area contributed by atoms with Crippen molar-refractivity contribution in [2.75, 3.05) is 13.2 Å². The summed E-state index contributed by atoms with van der Waals surface area (Å²) in [5, 5.41) is 0. The molecule has 0 amide bonds. The molecule has 0 aromatic rings. The second-order valence-electron chi connectivity index (χ2n) is 1.18. The third kappa shape index (κ3) is 0.954. The first-order valence-electron chi connectivity index (χ1n) is 2.64. The van der Waals surface area contributed by atoms with E-state index in [4.69, 9.17) is 1.37 Å². The van der Waals surface area contributed by atoms with Crippen molar-refractivity contribution in [1.82, 2.24) is 0 Å². The summed E-state index contributed by atoms with van der Waals surface area (Å²) in [6, 6.07) is 0. The van der Waals surface area contributed by atoms with Crippen molar-refractivity contribution in [2.45, 2.75) is 12.8 Å². The molecule has 1 aliphatic heterocycles. The predicted molar refractivity (Wildman–Crippen MR) is 21.1 cm³/mol. The number of hydrogen-bond acceptors (Lipinski definition) is 2. The molecule has 1 rings (SSSR count). The van der Waals surface area contributed by atoms with E-state index < -0.39 is 0 Å². The standard InChI is InChI=1S/C4H8O2/c1-2-4-6-5-3-1/h1-4H2/i1D. The molecule has 1 aliphatic rings. The highest BCUT2D eigenvalue weighted by atomic mass is 17.2. The normalized spacial score (nSPS) is 38.7. The lowest BCUT2D eigenvalue weighted by Crippen LogP contribution is -2.05. The van der Waals surface area contributed by atoms with Crippen LogP contribution in [0, 0.1) is 0 Å². The molecule has 2 heteroatoms. The first-order chi connectivity index (χ1) is 3.39. The lowest BCUT2D eigenvalue weighted by Gasteiger charge is -2.07. The molecule has 0 N–H and O–H groups in total. The van der Waals surface area contributed by atoms with Crippen LogP contribution >= 0.6 is 0 Å². The Labute approximate surface area is 38.4 Å². The van der Waals surface area contributed by atoms with Crippen molar-refractivity contribution in [3.05, 3.63) is 0 Å². The van der Waals surface area contributed by atoms with Crippen LogP contribution in [0.1, 0.15) is 14.2 Å². The van der Waals surface area contributed by atoms with Gasteiger partial charge in [0.15, 0.2) is 0 Å². The molecule has 0 bridgehead atoms. The maximum atomic E-state index is 7.07. The smallest absolute Gasteiger partial charge is 0.0823 e. The van der Waals surface area contributed by atoms with E-state index in [2.05, 4.69) is 9.78 Å². The molecule has 1 atom stereocenters. The molecule has 36 valence electrons. The van der Waals surface area contributed by atoms with Gasteiger partial charge in [0, 0.05) is 1.37 Å². The van der Waals surface area contributed by atoms with Crippen molar-refractivity contribution < 1.29 is 11.1 Å². The Morgan fingerprint density at radius 2 is 2.17 bits per heavy atom. The molecule has 6 heavy (non-hydrogen) atoms. The molecule has 2 nitrogen and oxygen atoms in total. The van der Waals surface area contributed by atoms with Gasteiger partial charge in [0.1, 0.15) is 0 Å². The average molecular weight is 89.1 g/mol. The minimum atomic E-state index is -0.0613. The summed E-state index contributed by atoms with van der Waals surface area (Å²) < 4.78 is 7.07. The lowest BCUT2D eigenvalue weighted by molar-refractivity contribution is -0.312. The van der Waals surface area contributed by atoms with Crippen molar-refractivity contribution in [1.29, 1.82) is 0 Å². The summed E-state index contributed by atoms with van der Waals surface area (Å²) in [6.07, 6.45) is 0.744. The molecule has 0 aliphatic carbocycles. The van der Waals surface area contributed by atoms with Gasteiger partial charge in [0.2, 0.25) is 0 Å². The van der Waals surface area contributed by atoms with Crippen molar-refractivity contribution in [3.63, 3.8) is 0 Å². The Morgan fingerprint density at radius 3 is 2.50 bits per heavy atom. The summed E-state index contributed by atoms with van der Waals surface area (Å²) >= 11 is 0. The Kier molecular flexibility index (Phi) is 1.08. The van der Waals surface area contributed by atoms with E-state index in [0.717, 1.165) is 6.42 Å². The topological polar surface area (TPSA) is 18.5 Å². The van der Waals surface area contributed by atoms with Gasteiger partial charge < -0.3 is 0 Å². The summed E-state index contributed by atoms with van der Waals surface area (Å²) in [4.78, 5) is 9.01. The zero-order valence-corrected chi connectivity index (χ0v) is 3.52. The first-order valence-corrected chi connectivity index (χ1v) is 2.06. The monoisotopic (exact) mass is 89.1 g/mol. The van der Waals surface area contributed by atoms with E-state index in [0.29, 0.717) is 13.2 Å². The van der Waals surface area contributed by atoms with Gasteiger partial charge in [-0.15, -0.1) is 0 Å².